The van der Waals surface area contributed by atoms with Gasteiger partial charge in [-0.25, -0.2) is 4.79 Å². The molecule has 0 radical (unpaired) electrons. The Balaban J connectivity index is 2.61. The van der Waals surface area contributed by atoms with Crippen molar-refractivity contribution in [2.75, 3.05) is 39.2 Å². The largest absolute Gasteiger partial charge is 0.389 e. The molecule has 2 N–H and O–H groups in total. The highest BCUT2D eigenvalue weighted by Crippen LogP contribution is 2.16. The van der Waals surface area contributed by atoms with Crippen molar-refractivity contribution >= 4 is 11.7 Å². The second-order valence-electron chi connectivity index (χ2n) is 4.71. The number of benzene rings is 1. The highest BCUT2D eigenvalue weighted by Gasteiger charge is 2.14. The molecule has 21 heavy (non-hydrogen) atoms. The van der Waals surface area contributed by atoms with E-state index < -0.39 is 6.10 Å². The molecule has 2 amide bonds. The van der Waals surface area contributed by atoms with Crippen LogP contribution in [0.3, 0.4) is 0 Å². The van der Waals surface area contributed by atoms with Crippen LogP contribution in [0, 0.1) is 0 Å². The second-order valence-corrected chi connectivity index (χ2v) is 4.71. The molecule has 1 aromatic rings. The van der Waals surface area contributed by atoms with Crippen LogP contribution in [0.2, 0.25) is 0 Å². The number of aliphatic hydroxyl groups excluding tert-OH is 1. The second kappa shape index (κ2) is 9.33. The molecule has 0 heterocycles. The molecule has 0 saturated carbocycles. The molecule has 118 valence electrons. The van der Waals surface area contributed by atoms with Crippen LogP contribution >= 0.6 is 0 Å². The van der Waals surface area contributed by atoms with Gasteiger partial charge in [0.15, 0.2) is 0 Å². The van der Waals surface area contributed by atoms with Crippen molar-refractivity contribution in [2.24, 2.45) is 0 Å². The molecule has 6 heteroatoms. The van der Waals surface area contributed by atoms with E-state index in [1.54, 1.807) is 7.05 Å². The van der Waals surface area contributed by atoms with Crippen molar-refractivity contribution in [3.8, 4) is 0 Å². The average molecular weight is 296 g/mol. The Morgan fingerprint density at radius 2 is 2.14 bits per heavy atom. The Bertz CT molecular complexity index is 439. The van der Waals surface area contributed by atoms with E-state index in [2.05, 4.69) is 5.32 Å². The van der Waals surface area contributed by atoms with Crippen LogP contribution in [0.5, 0.6) is 0 Å². The van der Waals surface area contributed by atoms with Gasteiger partial charge in [-0.15, -0.1) is 0 Å². The Morgan fingerprint density at radius 3 is 2.81 bits per heavy atom. The molecule has 1 aromatic carbocycles. The van der Waals surface area contributed by atoms with E-state index >= 15 is 0 Å². The first kappa shape index (κ1) is 17.4. The summed E-state index contributed by atoms with van der Waals surface area (Å²) in [6, 6.07) is 7.20. The zero-order valence-corrected chi connectivity index (χ0v) is 12.8. The number of ether oxygens (including phenoxy) is 2. The minimum absolute atomic E-state index is 0.193. The van der Waals surface area contributed by atoms with Crippen molar-refractivity contribution < 1.29 is 19.4 Å². The van der Waals surface area contributed by atoms with E-state index in [-0.39, 0.29) is 19.2 Å². The van der Waals surface area contributed by atoms with E-state index in [0.717, 1.165) is 5.56 Å². The molecule has 1 unspecified atom stereocenters. The van der Waals surface area contributed by atoms with Crippen LogP contribution in [-0.2, 0) is 16.1 Å². The summed E-state index contributed by atoms with van der Waals surface area (Å²) in [6.07, 6.45) is -0.704. The van der Waals surface area contributed by atoms with E-state index in [1.807, 2.05) is 31.2 Å². The van der Waals surface area contributed by atoms with Crippen LogP contribution in [0.25, 0.3) is 0 Å². The first-order chi connectivity index (χ1) is 10.1. The smallest absolute Gasteiger partial charge is 0.321 e. The SMILES string of the molecule is CCOCc1ccccc1NC(=O)N(C)CC(O)COC. The monoisotopic (exact) mass is 296 g/mol. The van der Waals surface area contributed by atoms with Crippen LogP contribution in [0.15, 0.2) is 24.3 Å². The molecule has 1 rings (SSSR count). The summed E-state index contributed by atoms with van der Waals surface area (Å²) < 4.78 is 10.2. The number of aliphatic hydroxyl groups is 1. The van der Waals surface area contributed by atoms with E-state index in [9.17, 15) is 9.90 Å². The van der Waals surface area contributed by atoms with Gasteiger partial charge in [-0.1, -0.05) is 18.2 Å². The third-order valence-electron chi connectivity index (χ3n) is 2.91. The molecule has 0 spiro atoms. The van der Waals surface area contributed by atoms with Gasteiger partial charge in [0.25, 0.3) is 0 Å². The minimum Gasteiger partial charge on any atom is -0.389 e. The molecular formula is C15H24N2O4. The lowest BCUT2D eigenvalue weighted by atomic mass is 10.2. The van der Waals surface area contributed by atoms with Crippen LogP contribution in [0.1, 0.15) is 12.5 Å². The maximum Gasteiger partial charge on any atom is 0.321 e. The molecule has 0 saturated heterocycles. The van der Waals surface area contributed by atoms with Crippen molar-refractivity contribution in [3.05, 3.63) is 29.8 Å². The first-order valence-corrected chi connectivity index (χ1v) is 6.93. The molecule has 0 aliphatic rings. The van der Waals surface area contributed by atoms with Gasteiger partial charge < -0.3 is 24.8 Å². The lowest BCUT2D eigenvalue weighted by Crippen LogP contribution is -2.38. The lowest BCUT2D eigenvalue weighted by Gasteiger charge is -2.21. The molecule has 0 bridgehead atoms. The Morgan fingerprint density at radius 1 is 1.43 bits per heavy atom. The number of nitrogens with one attached hydrogen (secondary N) is 1. The summed E-state index contributed by atoms with van der Waals surface area (Å²) in [5.74, 6) is 0. The molecule has 0 aliphatic heterocycles. The number of hydrogen-bond donors (Lipinski definition) is 2. The van der Waals surface area contributed by atoms with Gasteiger partial charge in [-0.05, 0) is 13.0 Å². The predicted molar refractivity (Wildman–Crippen MR) is 81.3 cm³/mol. The highest BCUT2D eigenvalue weighted by atomic mass is 16.5. The number of amides is 2. The summed E-state index contributed by atoms with van der Waals surface area (Å²) in [4.78, 5) is 13.5. The first-order valence-electron chi connectivity index (χ1n) is 6.93. The zero-order chi connectivity index (χ0) is 15.7. The highest BCUT2D eigenvalue weighted by molar-refractivity contribution is 5.90. The number of nitrogens with zero attached hydrogens (tertiary/aromatic N) is 1. The number of para-hydroxylation sites is 1. The maximum absolute atomic E-state index is 12.1. The molecule has 0 aliphatic carbocycles. The molecule has 6 nitrogen and oxygen atoms in total. The summed E-state index contributed by atoms with van der Waals surface area (Å²) in [5, 5.41) is 12.5. The van der Waals surface area contributed by atoms with Gasteiger partial charge in [-0.2, -0.15) is 0 Å². The fourth-order valence-electron chi connectivity index (χ4n) is 1.83. The van der Waals surface area contributed by atoms with Crippen molar-refractivity contribution in [3.63, 3.8) is 0 Å². The topological polar surface area (TPSA) is 71.0 Å². The quantitative estimate of drug-likeness (QED) is 0.766. The Hall–Kier alpha value is -1.63. The van der Waals surface area contributed by atoms with Gasteiger partial charge in [0.05, 0.1) is 25.9 Å². The standard InChI is InChI=1S/C15H24N2O4/c1-4-21-10-12-7-5-6-8-14(12)16-15(19)17(2)9-13(18)11-20-3/h5-8,13,18H,4,9-11H2,1-3H3,(H,16,19). The third-order valence-corrected chi connectivity index (χ3v) is 2.91. The number of rotatable bonds is 8. The number of anilines is 1. The maximum atomic E-state index is 12.1. The minimum atomic E-state index is -0.704. The normalized spacial score (nSPS) is 12.0. The number of carbonyl (C=O) groups is 1. The average Bonchev–Trinajstić information content (AvgIpc) is 2.46. The van der Waals surface area contributed by atoms with Gasteiger partial charge in [0, 0.05) is 32.0 Å². The van der Waals surface area contributed by atoms with Crippen molar-refractivity contribution in [2.45, 2.75) is 19.6 Å². The lowest BCUT2D eigenvalue weighted by molar-refractivity contribution is 0.0501. The summed E-state index contributed by atoms with van der Waals surface area (Å²) in [7, 11) is 3.13. The van der Waals surface area contributed by atoms with Gasteiger partial charge in [0.1, 0.15) is 0 Å². The van der Waals surface area contributed by atoms with Crippen molar-refractivity contribution in [1.29, 1.82) is 0 Å². The fraction of sp³-hybridized carbons (Fsp3) is 0.533. The molecule has 0 aromatic heterocycles. The number of likely N-dealkylation sites (N-methyl/N-ethyl adjacent to an activating group) is 1. The van der Waals surface area contributed by atoms with E-state index in [0.29, 0.717) is 18.9 Å². The third kappa shape index (κ3) is 6.12. The Kier molecular flexibility index (Phi) is 7.74. The van der Waals surface area contributed by atoms with Gasteiger partial charge >= 0.3 is 6.03 Å². The summed E-state index contributed by atoms with van der Waals surface area (Å²) in [5.41, 5.74) is 1.63. The number of hydrogen-bond acceptors (Lipinski definition) is 4. The van der Waals surface area contributed by atoms with Crippen molar-refractivity contribution in [1.82, 2.24) is 4.90 Å². The van der Waals surface area contributed by atoms with Crippen LogP contribution in [0.4, 0.5) is 10.5 Å². The van der Waals surface area contributed by atoms with Gasteiger partial charge in [-0.3, -0.25) is 0 Å². The van der Waals surface area contributed by atoms with Crippen LogP contribution < -0.4 is 5.32 Å². The fourth-order valence-corrected chi connectivity index (χ4v) is 1.83. The number of urea groups is 1. The Labute approximate surface area is 125 Å². The van der Waals surface area contributed by atoms with Crippen LogP contribution in [-0.4, -0.2) is 56.1 Å². The number of methoxy groups -OCH3 is 1. The summed E-state index contributed by atoms with van der Waals surface area (Å²) >= 11 is 0. The molecule has 0 fully saturated rings. The molecular weight excluding hydrogens is 272 g/mol. The zero-order valence-electron chi connectivity index (χ0n) is 12.8. The number of carbonyl (C=O) groups excluding carboxylic acids is 1. The van der Waals surface area contributed by atoms with Gasteiger partial charge in [0.2, 0.25) is 0 Å². The van der Waals surface area contributed by atoms with E-state index in [4.69, 9.17) is 9.47 Å². The molecule has 1 atom stereocenters. The summed E-state index contributed by atoms with van der Waals surface area (Å²) in [6.45, 7) is 3.38. The predicted octanol–water partition coefficient (Wildman–Crippen LogP) is 1.69. The van der Waals surface area contributed by atoms with E-state index in [1.165, 1.54) is 12.0 Å².